The number of nitrogens with one attached hydrogen (secondary N) is 1. The second-order valence-corrected chi connectivity index (χ2v) is 7.82. The minimum atomic E-state index is -1.06. The standard InChI is InChI=1S/C23H22N2O7/c1-12(26)32-17-6-3-13-8-20(22(28)24-18(13)10-17)25-19-11-16(31-2)5-4-14(19)7-15(23(29)30)9-21(25)27/h3-6,10-11,15,20H,7-9H2,1-2H3,(H,24,28)(H,29,30). The van der Waals surface area contributed by atoms with Gasteiger partial charge in [0.05, 0.1) is 18.7 Å². The number of hydrogen-bond donors (Lipinski definition) is 2. The SMILES string of the molecule is COc1ccc2c(c1)N(C1Cc3ccc(OC(C)=O)cc3NC1=O)C(=O)CC(C(=O)O)C2. The van der Waals surface area contributed by atoms with E-state index >= 15 is 0 Å². The first-order valence-electron chi connectivity index (χ1n) is 10.1. The number of methoxy groups -OCH3 is 1. The third-order valence-corrected chi connectivity index (χ3v) is 5.69. The second-order valence-electron chi connectivity index (χ2n) is 7.82. The lowest BCUT2D eigenvalue weighted by Gasteiger charge is -2.34. The molecule has 2 N–H and O–H groups in total. The molecule has 0 spiro atoms. The Bertz CT molecular complexity index is 1130. The van der Waals surface area contributed by atoms with Gasteiger partial charge >= 0.3 is 11.9 Å². The predicted molar refractivity (Wildman–Crippen MR) is 114 cm³/mol. The Morgan fingerprint density at radius 3 is 2.44 bits per heavy atom. The van der Waals surface area contributed by atoms with E-state index in [2.05, 4.69) is 5.32 Å². The largest absolute Gasteiger partial charge is 0.497 e. The number of carboxylic acid groups (broad SMARTS) is 1. The number of rotatable bonds is 4. The zero-order valence-corrected chi connectivity index (χ0v) is 17.6. The van der Waals surface area contributed by atoms with E-state index in [-0.39, 0.29) is 19.3 Å². The van der Waals surface area contributed by atoms with Gasteiger partial charge in [0.1, 0.15) is 17.5 Å². The van der Waals surface area contributed by atoms with Crippen LogP contribution in [-0.4, -0.2) is 42.0 Å². The van der Waals surface area contributed by atoms with Crippen molar-refractivity contribution in [3.05, 3.63) is 47.5 Å². The molecule has 2 unspecified atom stereocenters. The topological polar surface area (TPSA) is 122 Å². The summed E-state index contributed by atoms with van der Waals surface area (Å²) in [6.07, 6.45) is 0.184. The maximum absolute atomic E-state index is 13.2. The van der Waals surface area contributed by atoms with Crippen molar-refractivity contribution in [2.45, 2.75) is 32.2 Å². The van der Waals surface area contributed by atoms with E-state index in [1.54, 1.807) is 36.4 Å². The van der Waals surface area contributed by atoms with Crippen molar-refractivity contribution >= 4 is 35.1 Å². The predicted octanol–water partition coefficient (Wildman–Crippen LogP) is 2.16. The molecule has 0 fully saturated rings. The van der Waals surface area contributed by atoms with Crippen LogP contribution in [0.25, 0.3) is 0 Å². The molecule has 0 saturated carbocycles. The molecular formula is C23H22N2O7. The zero-order chi connectivity index (χ0) is 23.0. The van der Waals surface area contributed by atoms with Gasteiger partial charge in [-0.2, -0.15) is 0 Å². The molecule has 2 heterocycles. The Hall–Kier alpha value is -3.88. The number of fused-ring (bicyclic) bond motifs is 2. The molecule has 2 atom stereocenters. The van der Waals surface area contributed by atoms with Crippen LogP contribution in [-0.2, 0) is 32.0 Å². The molecule has 166 valence electrons. The fourth-order valence-electron chi connectivity index (χ4n) is 4.17. The molecule has 2 amide bonds. The van der Waals surface area contributed by atoms with Crippen LogP contribution < -0.4 is 19.7 Å². The maximum atomic E-state index is 13.2. The summed E-state index contributed by atoms with van der Waals surface area (Å²) in [6.45, 7) is 1.29. The fraction of sp³-hybridized carbons (Fsp3) is 0.304. The summed E-state index contributed by atoms with van der Waals surface area (Å²) >= 11 is 0. The van der Waals surface area contributed by atoms with Crippen molar-refractivity contribution in [3.8, 4) is 11.5 Å². The molecular weight excluding hydrogens is 416 g/mol. The molecule has 32 heavy (non-hydrogen) atoms. The summed E-state index contributed by atoms with van der Waals surface area (Å²) in [4.78, 5) is 50.6. The van der Waals surface area contributed by atoms with Crippen LogP contribution >= 0.6 is 0 Å². The van der Waals surface area contributed by atoms with Gasteiger partial charge < -0.3 is 19.9 Å². The Labute approximate surface area is 183 Å². The van der Waals surface area contributed by atoms with Crippen molar-refractivity contribution in [1.29, 1.82) is 0 Å². The molecule has 0 aromatic heterocycles. The van der Waals surface area contributed by atoms with Gasteiger partial charge in [0, 0.05) is 37.6 Å². The van der Waals surface area contributed by atoms with E-state index < -0.39 is 35.7 Å². The van der Waals surface area contributed by atoms with Gasteiger partial charge in [0.2, 0.25) is 11.8 Å². The van der Waals surface area contributed by atoms with Crippen molar-refractivity contribution in [1.82, 2.24) is 0 Å². The Kier molecular flexibility index (Phi) is 5.56. The third kappa shape index (κ3) is 4.01. The number of amides is 2. The highest BCUT2D eigenvalue weighted by Crippen LogP contribution is 2.37. The van der Waals surface area contributed by atoms with Crippen molar-refractivity contribution in [2.75, 3.05) is 17.3 Å². The van der Waals surface area contributed by atoms with E-state index in [1.807, 2.05) is 0 Å². The first kappa shape index (κ1) is 21.4. The molecule has 2 aromatic carbocycles. The number of anilines is 2. The molecule has 0 radical (unpaired) electrons. The summed E-state index contributed by atoms with van der Waals surface area (Å²) in [6, 6.07) is 9.14. The first-order valence-corrected chi connectivity index (χ1v) is 10.1. The lowest BCUT2D eigenvalue weighted by atomic mass is 9.96. The van der Waals surface area contributed by atoms with Gasteiger partial charge in [-0.25, -0.2) is 0 Å². The summed E-state index contributed by atoms with van der Waals surface area (Å²) < 4.78 is 10.4. The Balaban J connectivity index is 1.73. The normalized spacial score (nSPS) is 19.9. The summed E-state index contributed by atoms with van der Waals surface area (Å²) in [5, 5.41) is 12.3. The molecule has 0 saturated heterocycles. The van der Waals surface area contributed by atoms with Crippen LogP contribution in [0.15, 0.2) is 36.4 Å². The summed E-state index contributed by atoms with van der Waals surface area (Å²) in [5.41, 5.74) is 2.40. The fourth-order valence-corrected chi connectivity index (χ4v) is 4.17. The molecule has 2 aliphatic rings. The molecule has 4 rings (SSSR count). The van der Waals surface area contributed by atoms with Gasteiger partial charge in [-0.15, -0.1) is 0 Å². The molecule has 0 aliphatic carbocycles. The molecule has 0 bridgehead atoms. The van der Waals surface area contributed by atoms with Gasteiger partial charge in [0.25, 0.3) is 0 Å². The van der Waals surface area contributed by atoms with Gasteiger partial charge in [0.15, 0.2) is 0 Å². The minimum absolute atomic E-state index is 0.174. The number of esters is 1. The maximum Gasteiger partial charge on any atom is 0.308 e. The monoisotopic (exact) mass is 438 g/mol. The van der Waals surface area contributed by atoms with E-state index in [4.69, 9.17) is 9.47 Å². The number of aliphatic carboxylic acids is 1. The quantitative estimate of drug-likeness (QED) is 0.554. The Morgan fingerprint density at radius 2 is 1.75 bits per heavy atom. The highest BCUT2D eigenvalue weighted by Gasteiger charge is 2.40. The minimum Gasteiger partial charge on any atom is -0.497 e. The second kappa shape index (κ2) is 8.33. The lowest BCUT2D eigenvalue weighted by molar-refractivity contribution is -0.143. The van der Waals surface area contributed by atoms with E-state index in [0.717, 1.165) is 5.56 Å². The van der Waals surface area contributed by atoms with Crippen LogP contribution in [0.4, 0.5) is 11.4 Å². The average molecular weight is 438 g/mol. The van der Waals surface area contributed by atoms with Crippen molar-refractivity contribution < 1.29 is 33.8 Å². The third-order valence-electron chi connectivity index (χ3n) is 5.69. The highest BCUT2D eigenvalue weighted by atomic mass is 16.5. The van der Waals surface area contributed by atoms with E-state index in [0.29, 0.717) is 28.4 Å². The van der Waals surface area contributed by atoms with Crippen LogP contribution in [0.5, 0.6) is 11.5 Å². The smallest absolute Gasteiger partial charge is 0.308 e. The number of carbonyl (C=O) groups excluding carboxylic acids is 3. The lowest BCUT2D eigenvalue weighted by Crippen LogP contribution is -2.51. The average Bonchev–Trinajstić information content (AvgIpc) is 2.88. The van der Waals surface area contributed by atoms with Crippen molar-refractivity contribution in [3.63, 3.8) is 0 Å². The van der Waals surface area contributed by atoms with Gasteiger partial charge in [-0.3, -0.25) is 24.1 Å². The van der Waals surface area contributed by atoms with Crippen molar-refractivity contribution in [2.24, 2.45) is 5.92 Å². The number of nitrogens with zero attached hydrogens (tertiary/aromatic N) is 1. The zero-order valence-electron chi connectivity index (χ0n) is 17.6. The molecule has 9 nitrogen and oxygen atoms in total. The number of benzene rings is 2. The van der Waals surface area contributed by atoms with Crippen LogP contribution in [0, 0.1) is 5.92 Å². The number of hydrogen-bond acceptors (Lipinski definition) is 6. The number of ether oxygens (including phenoxy) is 2. The number of carboxylic acids is 1. The van der Waals surface area contributed by atoms with Gasteiger partial charge in [-0.05, 0) is 29.7 Å². The van der Waals surface area contributed by atoms with Crippen LogP contribution in [0.1, 0.15) is 24.5 Å². The van der Waals surface area contributed by atoms with E-state index in [1.165, 1.54) is 18.9 Å². The number of carbonyl (C=O) groups is 4. The summed E-state index contributed by atoms with van der Waals surface area (Å²) in [5.74, 6) is -2.46. The first-order chi connectivity index (χ1) is 15.3. The molecule has 2 aliphatic heterocycles. The highest BCUT2D eigenvalue weighted by molar-refractivity contribution is 6.08. The molecule has 9 heteroatoms. The van der Waals surface area contributed by atoms with Gasteiger partial charge in [-0.1, -0.05) is 12.1 Å². The van der Waals surface area contributed by atoms with E-state index in [9.17, 15) is 24.3 Å². The van der Waals surface area contributed by atoms with Crippen LogP contribution in [0.2, 0.25) is 0 Å². The van der Waals surface area contributed by atoms with Crippen LogP contribution in [0.3, 0.4) is 0 Å². The molecule has 2 aromatic rings. The Morgan fingerprint density at radius 1 is 1.03 bits per heavy atom. The summed E-state index contributed by atoms with van der Waals surface area (Å²) in [7, 11) is 1.49.